The topological polar surface area (TPSA) is 27.0 Å². The normalized spacial score (nSPS) is 17.5. The molecule has 0 bridgehead atoms. The molecule has 1 aliphatic heterocycles. The largest absolute Gasteiger partial charge is 0.368 e. The Labute approximate surface area is 133 Å². The fraction of sp³-hybridized carbons (Fsp3) is 0.350. The second kappa shape index (κ2) is 6.66. The summed E-state index contributed by atoms with van der Waals surface area (Å²) < 4.78 is 0. The van der Waals surface area contributed by atoms with E-state index in [4.69, 9.17) is 5.26 Å². The maximum Gasteiger partial charge on any atom is 0.0643 e. The second-order valence-corrected chi connectivity index (χ2v) is 6.12. The molecule has 112 valence electrons. The molecule has 0 aromatic heterocycles. The molecular formula is C20H22N2. The molecule has 1 unspecified atom stereocenters. The van der Waals surface area contributed by atoms with E-state index in [0.717, 1.165) is 19.4 Å². The summed E-state index contributed by atoms with van der Waals surface area (Å²) in [6, 6.07) is 20.1. The van der Waals surface area contributed by atoms with Crippen molar-refractivity contribution in [3.63, 3.8) is 0 Å². The lowest BCUT2D eigenvalue weighted by atomic mass is 10.0. The van der Waals surface area contributed by atoms with Crippen molar-refractivity contribution in [1.82, 2.24) is 0 Å². The fourth-order valence-corrected chi connectivity index (χ4v) is 3.33. The minimum atomic E-state index is 0.396. The van der Waals surface area contributed by atoms with Crippen molar-refractivity contribution in [2.75, 3.05) is 11.4 Å². The lowest BCUT2D eigenvalue weighted by Crippen LogP contribution is -2.28. The average Bonchev–Trinajstić information content (AvgIpc) is 2.99. The van der Waals surface area contributed by atoms with Crippen LogP contribution >= 0.6 is 0 Å². The molecular weight excluding hydrogens is 268 g/mol. The zero-order valence-corrected chi connectivity index (χ0v) is 13.1. The van der Waals surface area contributed by atoms with Gasteiger partial charge in [0.1, 0.15) is 0 Å². The van der Waals surface area contributed by atoms with E-state index >= 15 is 0 Å². The molecule has 22 heavy (non-hydrogen) atoms. The van der Waals surface area contributed by atoms with Crippen LogP contribution in [0.3, 0.4) is 0 Å². The van der Waals surface area contributed by atoms with E-state index in [0.29, 0.717) is 12.5 Å². The van der Waals surface area contributed by atoms with Gasteiger partial charge in [0, 0.05) is 18.3 Å². The highest BCUT2D eigenvalue weighted by molar-refractivity contribution is 5.50. The Morgan fingerprint density at radius 2 is 1.91 bits per heavy atom. The molecule has 0 saturated carbocycles. The van der Waals surface area contributed by atoms with Crippen molar-refractivity contribution in [3.8, 4) is 6.07 Å². The lowest BCUT2D eigenvalue weighted by molar-refractivity contribution is 0.683. The summed E-state index contributed by atoms with van der Waals surface area (Å²) in [4.78, 5) is 2.39. The number of nitriles is 1. The van der Waals surface area contributed by atoms with Crippen molar-refractivity contribution in [2.24, 2.45) is 0 Å². The standard InChI is InChI=1S/C20H22N2/c1-16-5-2-3-6-18(16)15-17-8-10-20(11-9-17)22-14-4-7-19(22)12-13-21/h2-3,5-6,8-11,19H,4,7,12,14-15H2,1H3. The van der Waals surface area contributed by atoms with Crippen molar-refractivity contribution >= 4 is 5.69 Å². The van der Waals surface area contributed by atoms with E-state index in [1.165, 1.54) is 28.8 Å². The number of anilines is 1. The molecule has 2 heteroatoms. The molecule has 3 rings (SSSR count). The van der Waals surface area contributed by atoms with Gasteiger partial charge < -0.3 is 4.90 Å². The summed E-state index contributed by atoms with van der Waals surface area (Å²) in [5, 5.41) is 8.95. The van der Waals surface area contributed by atoms with Crippen LogP contribution in [0.15, 0.2) is 48.5 Å². The minimum absolute atomic E-state index is 0.396. The summed E-state index contributed by atoms with van der Waals surface area (Å²) in [5.74, 6) is 0. The Balaban J connectivity index is 1.73. The predicted octanol–water partition coefficient (Wildman–Crippen LogP) is 4.47. The molecule has 0 amide bonds. The third kappa shape index (κ3) is 3.14. The van der Waals surface area contributed by atoms with E-state index in [-0.39, 0.29) is 0 Å². The van der Waals surface area contributed by atoms with Gasteiger partial charge in [-0.2, -0.15) is 5.26 Å². The van der Waals surface area contributed by atoms with E-state index < -0.39 is 0 Å². The Hall–Kier alpha value is -2.27. The van der Waals surface area contributed by atoms with Crippen molar-refractivity contribution in [2.45, 2.75) is 38.6 Å². The maximum absolute atomic E-state index is 8.95. The average molecular weight is 290 g/mol. The Bertz CT molecular complexity index is 667. The summed E-state index contributed by atoms with van der Waals surface area (Å²) in [5.41, 5.74) is 5.33. The Morgan fingerprint density at radius 1 is 1.14 bits per heavy atom. The number of benzene rings is 2. The van der Waals surface area contributed by atoms with Crippen LogP contribution in [0, 0.1) is 18.3 Å². The van der Waals surface area contributed by atoms with Crippen LogP contribution in [-0.2, 0) is 6.42 Å². The van der Waals surface area contributed by atoms with Gasteiger partial charge in [-0.25, -0.2) is 0 Å². The van der Waals surface area contributed by atoms with Gasteiger partial charge in [0.15, 0.2) is 0 Å². The van der Waals surface area contributed by atoms with Crippen molar-refractivity contribution < 1.29 is 0 Å². The minimum Gasteiger partial charge on any atom is -0.368 e. The predicted molar refractivity (Wildman–Crippen MR) is 91.0 cm³/mol. The Morgan fingerprint density at radius 3 is 2.64 bits per heavy atom. The smallest absolute Gasteiger partial charge is 0.0643 e. The first-order valence-corrected chi connectivity index (χ1v) is 8.05. The number of rotatable bonds is 4. The quantitative estimate of drug-likeness (QED) is 0.830. The second-order valence-electron chi connectivity index (χ2n) is 6.12. The summed E-state index contributed by atoms with van der Waals surface area (Å²) in [7, 11) is 0. The molecule has 2 aromatic rings. The summed E-state index contributed by atoms with van der Waals surface area (Å²) >= 11 is 0. The van der Waals surface area contributed by atoms with Crippen LogP contribution in [0.5, 0.6) is 0 Å². The molecule has 2 aromatic carbocycles. The molecule has 0 spiro atoms. The SMILES string of the molecule is Cc1ccccc1Cc1ccc(N2CCCC2CC#N)cc1. The molecule has 0 radical (unpaired) electrons. The highest BCUT2D eigenvalue weighted by Gasteiger charge is 2.24. The van der Waals surface area contributed by atoms with Gasteiger partial charge >= 0.3 is 0 Å². The maximum atomic E-state index is 8.95. The fourth-order valence-electron chi connectivity index (χ4n) is 3.33. The summed E-state index contributed by atoms with van der Waals surface area (Å²) in [6.07, 6.45) is 3.94. The molecule has 0 aliphatic carbocycles. The van der Waals surface area contributed by atoms with E-state index in [9.17, 15) is 0 Å². The van der Waals surface area contributed by atoms with Gasteiger partial charge in [0.2, 0.25) is 0 Å². The van der Waals surface area contributed by atoms with Crippen LogP contribution < -0.4 is 4.90 Å². The zero-order valence-electron chi connectivity index (χ0n) is 13.1. The first kappa shape index (κ1) is 14.7. The highest BCUT2D eigenvalue weighted by Crippen LogP contribution is 2.27. The van der Waals surface area contributed by atoms with Gasteiger partial charge in [0.25, 0.3) is 0 Å². The molecule has 1 aliphatic rings. The van der Waals surface area contributed by atoms with Gasteiger partial charge in [-0.05, 0) is 55.0 Å². The number of aryl methyl sites for hydroxylation is 1. The first-order chi connectivity index (χ1) is 10.8. The molecule has 1 saturated heterocycles. The van der Waals surface area contributed by atoms with Crippen LogP contribution in [0.25, 0.3) is 0 Å². The lowest BCUT2D eigenvalue weighted by Gasteiger charge is -2.25. The number of hydrogen-bond acceptors (Lipinski definition) is 2. The van der Waals surface area contributed by atoms with Gasteiger partial charge in [-0.15, -0.1) is 0 Å². The molecule has 0 N–H and O–H groups in total. The van der Waals surface area contributed by atoms with Crippen molar-refractivity contribution in [3.05, 3.63) is 65.2 Å². The summed E-state index contributed by atoms with van der Waals surface area (Å²) in [6.45, 7) is 3.24. The molecule has 1 fully saturated rings. The van der Waals surface area contributed by atoms with Gasteiger partial charge in [0.05, 0.1) is 12.5 Å². The highest BCUT2D eigenvalue weighted by atomic mass is 15.2. The number of hydrogen-bond donors (Lipinski definition) is 0. The number of nitrogens with zero attached hydrogens (tertiary/aromatic N) is 2. The van der Waals surface area contributed by atoms with Gasteiger partial charge in [-0.3, -0.25) is 0 Å². The monoisotopic (exact) mass is 290 g/mol. The third-order valence-electron chi connectivity index (χ3n) is 4.63. The first-order valence-electron chi connectivity index (χ1n) is 8.05. The van der Waals surface area contributed by atoms with E-state index in [1.54, 1.807) is 0 Å². The molecule has 1 atom stereocenters. The molecule has 2 nitrogen and oxygen atoms in total. The van der Waals surface area contributed by atoms with Crippen molar-refractivity contribution in [1.29, 1.82) is 5.26 Å². The van der Waals surface area contributed by atoms with Crippen LogP contribution in [0.2, 0.25) is 0 Å². The molecule has 1 heterocycles. The third-order valence-corrected chi connectivity index (χ3v) is 4.63. The van der Waals surface area contributed by atoms with E-state index in [1.807, 2.05) is 0 Å². The zero-order chi connectivity index (χ0) is 15.4. The van der Waals surface area contributed by atoms with E-state index in [2.05, 4.69) is 66.4 Å². The Kier molecular flexibility index (Phi) is 4.44. The van der Waals surface area contributed by atoms with Crippen LogP contribution in [0.4, 0.5) is 5.69 Å². The van der Waals surface area contributed by atoms with Crippen LogP contribution in [0.1, 0.15) is 36.0 Å². The van der Waals surface area contributed by atoms with Gasteiger partial charge in [-0.1, -0.05) is 36.4 Å². The van der Waals surface area contributed by atoms with Crippen LogP contribution in [-0.4, -0.2) is 12.6 Å².